The Morgan fingerprint density at radius 3 is 2.33 bits per heavy atom. The third kappa shape index (κ3) is 10.8. The molecule has 3 N–H and O–H groups in total. The predicted octanol–water partition coefficient (Wildman–Crippen LogP) is 0.0173. The number of hydrogen-bond acceptors (Lipinski definition) is 11. The average Bonchev–Trinajstić information content (AvgIpc) is 2.40. The van der Waals surface area contributed by atoms with Crippen LogP contribution in [0.15, 0.2) is 0 Å². The maximum atomic E-state index is 11.7. The minimum Gasteiger partial charge on any atom is -0.458 e. The molecule has 0 heterocycles. The van der Waals surface area contributed by atoms with Crippen molar-refractivity contribution >= 4 is 11.8 Å². The van der Waals surface area contributed by atoms with Gasteiger partial charge in [-0.2, -0.15) is 0 Å². The minimum atomic E-state index is -1.94. The van der Waals surface area contributed by atoms with Crippen molar-refractivity contribution in [3.63, 3.8) is 0 Å². The summed E-state index contributed by atoms with van der Waals surface area (Å²) in [7, 11) is 0. The van der Waals surface area contributed by atoms with Gasteiger partial charge >= 0.3 is 5.97 Å². The number of aliphatic hydroxyl groups is 1. The molecule has 0 saturated carbocycles. The molecule has 0 rings (SSSR count). The molecule has 12 nitrogen and oxygen atoms in total. The normalized spacial score (nSPS) is 14.1. The summed E-state index contributed by atoms with van der Waals surface area (Å²) in [6, 6.07) is 0. The Kier molecular flexibility index (Phi) is 9.32. The van der Waals surface area contributed by atoms with Crippen molar-refractivity contribution in [3.05, 3.63) is 10.1 Å². The lowest BCUT2D eigenvalue weighted by Gasteiger charge is -2.21. The molecule has 0 saturated heterocycles. The SMILES string of the molecule is CC(C)(C)OC(=O)C(O)C(=O)CCCC(CO[N+](=O)[O-])ON(O)O. The molecule has 0 aliphatic rings. The molecule has 2 atom stereocenters. The molecule has 0 aliphatic heterocycles. The van der Waals surface area contributed by atoms with Crippen LogP contribution in [0.1, 0.15) is 40.0 Å². The number of aliphatic hydroxyl groups excluding tert-OH is 1. The first-order valence-corrected chi connectivity index (χ1v) is 6.98. The number of carbonyl (C=O) groups is 2. The van der Waals surface area contributed by atoms with Gasteiger partial charge in [0.2, 0.25) is 6.10 Å². The molecule has 0 aromatic carbocycles. The van der Waals surface area contributed by atoms with Gasteiger partial charge < -0.3 is 14.7 Å². The summed E-state index contributed by atoms with van der Waals surface area (Å²) < 4.78 is 4.86. The van der Waals surface area contributed by atoms with Crippen LogP contribution in [0.25, 0.3) is 0 Å². The van der Waals surface area contributed by atoms with Crippen molar-refractivity contribution in [3.8, 4) is 0 Å². The Morgan fingerprint density at radius 2 is 1.88 bits per heavy atom. The van der Waals surface area contributed by atoms with Crippen LogP contribution in [0.5, 0.6) is 0 Å². The zero-order valence-corrected chi connectivity index (χ0v) is 13.6. The first-order valence-electron chi connectivity index (χ1n) is 6.98. The fourth-order valence-corrected chi connectivity index (χ4v) is 1.57. The second-order valence-electron chi connectivity index (χ2n) is 5.79. The van der Waals surface area contributed by atoms with Gasteiger partial charge in [-0.3, -0.25) is 15.2 Å². The van der Waals surface area contributed by atoms with Gasteiger partial charge in [-0.1, -0.05) is 0 Å². The fourth-order valence-electron chi connectivity index (χ4n) is 1.57. The molecule has 12 heteroatoms. The van der Waals surface area contributed by atoms with Crippen LogP contribution in [-0.2, 0) is 24.0 Å². The van der Waals surface area contributed by atoms with E-state index in [0.717, 1.165) is 0 Å². The van der Waals surface area contributed by atoms with E-state index in [0.29, 0.717) is 0 Å². The van der Waals surface area contributed by atoms with Gasteiger partial charge in [0.05, 0.1) is 5.39 Å². The average molecular weight is 354 g/mol. The van der Waals surface area contributed by atoms with Crippen LogP contribution in [-0.4, -0.2) is 62.2 Å². The number of hydrogen-bond donors (Lipinski definition) is 3. The minimum absolute atomic E-state index is 0.0400. The fraction of sp³-hybridized carbons (Fsp3) is 0.833. The summed E-state index contributed by atoms with van der Waals surface area (Å²) in [4.78, 5) is 41.8. The second kappa shape index (κ2) is 10.1. The van der Waals surface area contributed by atoms with Crippen LogP contribution in [0.4, 0.5) is 0 Å². The largest absolute Gasteiger partial charge is 0.458 e. The Hall–Kier alpha value is -1.86. The van der Waals surface area contributed by atoms with Crippen molar-refractivity contribution in [2.75, 3.05) is 6.61 Å². The summed E-state index contributed by atoms with van der Waals surface area (Å²) >= 11 is 0. The lowest BCUT2D eigenvalue weighted by molar-refractivity contribution is -0.760. The molecular formula is C12H22N2O10. The summed E-state index contributed by atoms with van der Waals surface area (Å²) in [5, 5.41) is 35.0. The number of nitrogens with zero attached hydrogens (tertiary/aromatic N) is 2. The van der Waals surface area contributed by atoms with Crippen LogP contribution < -0.4 is 0 Å². The highest BCUT2D eigenvalue weighted by atomic mass is 17.1. The monoisotopic (exact) mass is 354 g/mol. The molecule has 0 aromatic heterocycles. The quantitative estimate of drug-likeness (QED) is 0.198. The van der Waals surface area contributed by atoms with E-state index in [4.69, 9.17) is 15.2 Å². The maximum absolute atomic E-state index is 11.7. The number of Topliss-reactive ketones (excluding diaryl/α,β-unsaturated/α-hetero) is 1. The van der Waals surface area contributed by atoms with Gasteiger partial charge in [0, 0.05) is 6.42 Å². The summed E-state index contributed by atoms with van der Waals surface area (Å²) in [6.45, 7) is 4.13. The second-order valence-corrected chi connectivity index (χ2v) is 5.79. The molecule has 24 heavy (non-hydrogen) atoms. The number of carbonyl (C=O) groups excluding carboxylic acids is 2. The topological polar surface area (TPSA) is 169 Å². The van der Waals surface area contributed by atoms with Crippen molar-refractivity contribution in [1.82, 2.24) is 5.39 Å². The van der Waals surface area contributed by atoms with Gasteiger partial charge in [0.25, 0.3) is 5.09 Å². The molecule has 0 radical (unpaired) electrons. The van der Waals surface area contributed by atoms with Gasteiger partial charge in [-0.15, -0.1) is 10.1 Å². The standard InChI is InChI=1S/C12H22N2O10/c1-12(2,3)23-11(17)10(16)9(15)6-4-5-8(24-14(20)21)7-22-13(18)19/h8,10,16,20-21H,4-7H2,1-3H3. The van der Waals surface area contributed by atoms with E-state index < -0.39 is 46.6 Å². The third-order valence-corrected chi connectivity index (χ3v) is 2.49. The van der Waals surface area contributed by atoms with Gasteiger partial charge in [-0.05, 0) is 33.6 Å². The summed E-state index contributed by atoms with van der Waals surface area (Å²) in [5.74, 6) is -1.88. The van der Waals surface area contributed by atoms with Crippen LogP contribution in [0, 0.1) is 10.1 Å². The molecule has 140 valence electrons. The molecule has 0 spiro atoms. The number of rotatable bonds is 11. The molecule has 0 bridgehead atoms. The lowest BCUT2D eigenvalue weighted by Crippen LogP contribution is -2.36. The highest BCUT2D eigenvalue weighted by Gasteiger charge is 2.28. The number of ether oxygens (including phenoxy) is 1. The predicted molar refractivity (Wildman–Crippen MR) is 73.9 cm³/mol. The first kappa shape index (κ1) is 22.1. The maximum Gasteiger partial charge on any atom is 0.343 e. The molecule has 0 aromatic rings. The molecule has 0 amide bonds. The summed E-state index contributed by atoms with van der Waals surface area (Å²) in [5.41, 5.74) is -0.858. The van der Waals surface area contributed by atoms with E-state index in [1.54, 1.807) is 20.8 Å². The number of ketones is 1. The van der Waals surface area contributed by atoms with E-state index in [1.165, 1.54) is 0 Å². The van der Waals surface area contributed by atoms with Crippen molar-refractivity contribution in [2.45, 2.75) is 57.8 Å². The summed E-state index contributed by atoms with van der Waals surface area (Å²) in [6.07, 6.45) is -3.32. The Morgan fingerprint density at radius 1 is 1.29 bits per heavy atom. The van der Waals surface area contributed by atoms with Crippen molar-refractivity contribution in [1.29, 1.82) is 0 Å². The molecular weight excluding hydrogens is 332 g/mol. The van der Waals surface area contributed by atoms with Crippen LogP contribution in [0.3, 0.4) is 0 Å². The highest BCUT2D eigenvalue weighted by molar-refractivity contribution is 6.01. The third-order valence-electron chi connectivity index (χ3n) is 2.49. The zero-order valence-electron chi connectivity index (χ0n) is 13.6. The Balaban J connectivity index is 4.34. The zero-order chi connectivity index (χ0) is 18.9. The number of esters is 1. The molecule has 0 aliphatic carbocycles. The lowest BCUT2D eigenvalue weighted by atomic mass is 10.1. The van der Waals surface area contributed by atoms with Crippen molar-refractivity contribution < 1.29 is 44.6 Å². The highest BCUT2D eigenvalue weighted by Crippen LogP contribution is 2.12. The van der Waals surface area contributed by atoms with E-state index in [9.17, 15) is 24.8 Å². The van der Waals surface area contributed by atoms with E-state index in [2.05, 4.69) is 9.68 Å². The van der Waals surface area contributed by atoms with E-state index >= 15 is 0 Å². The van der Waals surface area contributed by atoms with Crippen molar-refractivity contribution in [2.24, 2.45) is 0 Å². The molecule has 0 fully saturated rings. The van der Waals surface area contributed by atoms with Gasteiger partial charge in [0.15, 0.2) is 5.78 Å². The molecule has 2 unspecified atom stereocenters. The Bertz CT molecular complexity index is 434. The van der Waals surface area contributed by atoms with Crippen LogP contribution in [0.2, 0.25) is 0 Å². The van der Waals surface area contributed by atoms with E-state index in [1.807, 2.05) is 0 Å². The van der Waals surface area contributed by atoms with E-state index in [-0.39, 0.29) is 19.3 Å². The first-order chi connectivity index (χ1) is 10.9. The van der Waals surface area contributed by atoms with Gasteiger partial charge in [-0.25, -0.2) is 9.63 Å². The van der Waals surface area contributed by atoms with Crippen LogP contribution >= 0.6 is 0 Å². The van der Waals surface area contributed by atoms with Gasteiger partial charge in [0.1, 0.15) is 18.3 Å². The smallest absolute Gasteiger partial charge is 0.343 e. The Labute approximate surface area is 137 Å².